The van der Waals surface area contributed by atoms with E-state index in [4.69, 9.17) is 0 Å². The molecule has 176 valence electrons. The Kier molecular flexibility index (Phi) is 5.73. The molecule has 5 aromatic rings. The third kappa shape index (κ3) is 4.03. The van der Waals surface area contributed by atoms with Gasteiger partial charge in [-0.1, -0.05) is 120 Å². The van der Waals surface area contributed by atoms with Gasteiger partial charge in [-0.05, 0) is 45.8 Å². The van der Waals surface area contributed by atoms with E-state index in [0.717, 1.165) is 16.2 Å². The molecule has 0 amide bonds. The van der Waals surface area contributed by atoms with Gasteiger partial charge in [-0.2, -0.15) is 13.2 Å². The largest absolute Gasteiger partial charge is 0.416 e. The molecule has 0 aliphatic rings. The Morgan fingerprint density at radius 3 is 1.49 bits per heavy atom. The van der Waals surface area contributed by atoms with Gasteiger partial charge in [0.05, 0.1) is 13.2 Å². The zero-order valence-electron chi connectivity index (χ0n) is 20.0. The molecule has 0 saturated heterocycles. The molecular formula is C30H27F3Si2. The quantitative estimate of drug-likeness (QED) is 0.186. The lowest BCUT2D eigenvalue weighted by molar-refractivity contribution is -0.137. The van der Waals surface area contributed by atoms with E-state index in [9.17, 15) is 13.2 Å². The molecule has 5 aromatic carbocycles. The van der Waals surface area contributed by atoms with Crippen molar-refractivity contribution in [3.05, 3.63) is 115 Å². The zero-order valence-corrected chi connectivity index (χ0v) is 22.0. The van der Waals surface area contributed by atoms with E-state index in [-0.39, 0.29) is 0 Å². The third-order valence-corrected chi connectivity index (χ3v) is 25.1. The van der Waals surface area contributed by atoms with Gasteiger partial charge in [-0.25, -0.2) is 0 Å². The first-order chi connectivity index (χ1) is 16.6. The predicted octanol–water partition coefficient (Wildman–Crippen LogP) is 6.90. The van der Waals surface area contributed by atoms with Crippen LogP contribution in [-0.4, -0.2) is 15.2 Å². The lowest BCUT2D eigenvalue weighted by atomic mass is 10.0. The SMILES string of the molecule is C[Si](C)(c1ccc2cc3cc(C(F)(F)F)ccc3cc2c1)[Si](C)(c1ccccc1)c1ccccc1. The highest BCUT2D eigenvalue weighted by atomic mass is 29.3. The lowest BCUT2D eigenvalue weighted by Crippen LogP contribution is -2.76. The second-order valence-corrected chi connectivity index (χ2v) is 23.9. The standard InChI is InChI=1S/C30H27F3Si2/c1-34(2,35(3,27-10-6-4-7-11-27)28-12-8-5-9-13-28)29-17-15-23-18-24-20-26(30(31,32)33)16-14-22(24)19-25(23)21-29/h4-21H,1-3H3. The van der Waals surface area contributed by atoms with Gasteiger partial charge in [0.1, 0.15) is 7.59 Å². The fourth-order valence-electron chi connectivity index (χ4n) is 5.28. The second kappa shape index (κ2) is 8.50. The molecule has 0 atom stereocenters. The van der Waals surface area contributed by atoms with Crippen LogP contribution in [0.4, 0.5) is 13.2 Å². The van der Waals surface area contributed by atoms with Crippen molar-refractivity contribution in [1.82, 2.24) is 0 Å². The highest BCUT2D eigenvalue weighted by Gasteiger charge is 2.48. The van der Waals surface area contributed by atoms with Gasteiger partial charge in [-0.15, -0.1) is 0 Å². The Labute approximate surface area is 205 Å². The number of fused-ring (bicyclic) bond motifs is 2. The maximum atomic E-state index is 13.2. The molecule has 0 aliphatic carbocycles. The molecule has 0 aromatic heterocycles. The molecule has 0 N–H and O–H groups in total. The van der Waals surface area contributed by atoms with Crippen LogP contribution in [0, 0.1) is 0 Å². The molecular weight excluding hydrogens is 473 g/mol. The molecule has 5 rings (SSSR count). The molecule has 0 fully saturated rings. The van der Waals surface area contributed by atoms with E-state index in [1.165, 1.54) is 27.7 Å². The van der Waals surface area contributed by atoms with Gasteiger partial charge in [0.25, 0.3) is 0 Å². The number of benzene rings is 5. The average Bonchev–Trinajstić information content (AvgIpc) is 2.86. The first-order valence-electron chi connectivity index (χ1n) is 11.8. The van der Waals surface area contributed by atoms with Crippen LogP contribution >= 0.6 is 0 Å². The first-order valence-corrected chi connectivity index (χ1v) is 18.3. The van der Waals surface area contributed by atoms with Crippen LogP contribution in [0.25, 0.3) is 21.5 Å². The smallest absolute Gasteiger partial charge is 0.166 e. The highest BCUT2D eigenvalue weighted by molar-refractivity contribution is 7.54. The lowest BCUT2D eigenvalue weighted by Gasteiger charge is -2.42. The van der Waals surface area contributed by atoms with E-state index >= 15 is 0 Å². The molecule has 0 spiro atoms. The van der Waals surface area contributed by atoms with Crippen molar-refractivity contribution in [2.75, 3.05) is 0 Å². The Morgan fingerprint density at radius 1 is 0.486 bits per heavy atom. The summed E-state index contributed by atoms with van der Waals surface area (Å²) in [5.41, 5.74) is -0.609. The van der Waals surface area contributed by atoms with E-state index < -0.39 is 26.9 Å². The van der Waals surface area contributed by atoms with Gasteiger partial charge in [0, 0.05) is 0 Å². The topological polar surface area (TPSA) is 0 Å². The van der Waals surface area contributed by atoms with Crippen LogP contribution in [0.1, 0.15) is 5.56 Å². The van der Waals surface area contributed by atoms with Crippen molar-refractivity contribution in [3.8, 4) is 0 Å². The van der Waals surface area contributed by atoms with Crippen molar-refractivity contribution >= 4 is 52.3 Å². The zero-order chi connectivity index (χ0) is 24.8. The third-order valence-electron chi connectivity index (χ3n) is 7.80. The van der Waals surface area contributed by atoms with Gasteiger partial charge >= 0.3 is 6.18 Å². The highest BCUT2D eigenvalue weighted by Crippen LogP contribution is 2.33. The number of halogens is 3. The molecule has 5 heteroatoms. The summed E-state index contributed by atoms with van der Waals surface area (Å²) >= 11 is 0. The van der Waals surface area contributed by atoms with Crippen LogP contribution in [0.2, 0.25) is 19.6 Å². The van der Waals surface area contributed by atoms with Gasteiger partial charge < -0.3 is 0 Å². The summed E-state index contributed by atoms with van der Waals surface area (Å²) in [6.07, 6.45) is -4.34. The molecule has 0 saturated carbocycles. The molecule has 0 heterocycles. The van der Waals surface area contributed by atoms with Crippen LogP contribution in [0.15, 0.2) is 109 Å². The monoisotopic (exact) mass is 500 g/mol. The number of rotatable bonds is 4. The summed E-state index contributed by atoms with van der Waals surface area (Å²) in [4.78, 5) is 0. The average molecular weight is 501 g/mol. The van der Waals surface area contributed by atoms with Gasteiger partial charge in [0.2, 0.25) is 0 Å². The van der Waals surface area contributed by atoms with Crippen LogP contribution < -0.4 is 15.6 Å². The normalized spacial score (nSPS) is 12.9. The van der Waals surface area contributed by atoms with E-state index in [2.05, 4.69) is 98.5 Å². The molecule has 0 aliphatic heterocycles. The van der Waals surface area contributed by atoms with Crippen molar-refractivity contribution in [2.24, 2.45) is 0 Å². The van der Waals surface area contributed by atoms with E-state index in [0.29, 0.717) is 5.39 Å². The fourth-order valence-corrected chi connectivity index (χ4v) is 17.9. The Morgan fingerprint density at radius 2 is 0.971 bits per heavy atom. The minimum atomic E-state index is -4.34. The van der Waals surface area contributed by atoms with E-state index in [1.54, 1.807) is 6.07 Å². The summed E-state index contributed by atoms with van der Waals surface area (Å²) in [6, 6.07) is 36.3. The molecule has 0 bridgehead atoms. The first kappa shape index (κ1) is 23.6. The van der Waals surface area contributed by atoms with Crippen molar-refractivity contribution in [2.45, 2.75) is 25.8 Å². The molecule has 0 nitrogen and oxygen atoms in total. The van der Waals surface area contributed by atoms with Crippen LogP contribution in [0.3, 0.4) is 0 Å². The minimum absolute atomic E-state index is 0.609. The van der Waals surface area contributed by atoms with Crippen LogP contribution in [0.5, 0.6) is 0 Å². The molecule has 0 radical (unpaired) electrons. The van der Waals surface area contributed by atoms with Crippen molar-refractivity contribution in [1.29, 1.82) is 0 Å². The van der Waals surface area contributed by atoms with Gasteiger partial charge in [-0.3, -0.25) is 0 Å². The van der Waals surface area contributed by atoms with Crippen molar-refractivity contribution < 1.29 is 13.2 Å². The summed E-state index contributed by atoms with van der Waals surface area (Å²) in [6.45, 7) is 7.43. The number of hydrogen-bond acceptors (Lipinski definition) is 0. The number of alkyl halides is 3. The molecule has 35 heavy (non-hydrogen) atoms. The predicted molar refractivity (Wildman–Crippen MR) is 147 cm³/mol. The summed E-state index contributed by atoms with van der Waals surface area (Å²) < 4.78 is 39.6. The Balaban J connectivity index is 1.67. The fraction of sp³-hybridized carbons (Fsp3) is 0.133. The summed E-state index contributed by atoms with van der Waals surface area (Å²) in [5, 5.41) is 7.72. The van der Waals surface area contributed by atoms with E-state index in [1.807, 2.05) is 12.1 Å². The Bertz CT molecular complexity index is 1470. The van der Waals surface area contributed by atoms with Gasteiger partial charge in [0.15, 0.2) is 0 Å². The summed E-state index contributed by atoms with van der Waals surface area (Å²) in [5.74, 6) is 0. The van der Waals surface area contributed by atoms with Crippen LogP contribution in [-0.2, 0) is 6.18 Å². The maximum Gasteiger partial charge on any atom is 0.416 e. The second-order valence-electron chi connectivity index (χ2n) is 9.96. The molecule has 0 unspecified atom stereocenters. The Hall–Kier alpha value is -3.16. The maximum absolute atomic E-state index is 13.2. The minimum Gasteiger partial charge on any atom is -0.166 e. The summed E-state index contributed by atoms with van der Waals surface area (Å²) in [7, 11) is -4.17. The number of hydrogen-bond donors (Lipinski definition) is 0. The van der Waals surface area contributed by atoms with Crippen molar-refractivity contribution in [3.63, 3.8) is 0 Å².